The van der Waals surface area contributed by atoms with E-state index < -0.39 is 0 Å². The zero-order valence-electron chi connectivity index (χ0n) is 8.20. The Balaban J connectivity index is 2.94. The molecule has 2 aromatic rings. The van der Waals surface area contributed by atoms with Crippen molar-refractivity contribution in [1.82, 2.24) is 0 Å². The van der Waals surface area contributed by atoms with Gasteiger partial charge in [0.05, 0.1) is 0 Å². The Hall–Kier alpha value is -0.261. The molecule has 0 heterocycles. The van der Waals surface area contributed by atoms with Gasteiger partial charge in [-0.1, -0.05) is 0 Å². The molecule has 0 aromatic heterocycles. The first-order valence-electron chi connectivity index (χ1n) is 4.52. The molecule has 0 unspecified atom stereocenters. The third kappa shape index (κ3) is 1.53. The van der Waals surface area contributed by atoms with Crippen molar-refractivity contribution in [2.45, 2.75) is 13.8 Å². The Morgan fingerprint density at radius 2 is 1.07 bits per heavy atom. The van der Waals surface area contributed by atoms with Gasteiger partial charge in [-0.25, -0.2) is 0 Å². The number of fused-ring (bicyclic) bond motifs is 1. The van der Waals surface area contributed by atoms with Crippen molar-refractivity contribution in [1.29, 1.82) is 0 Å². The third-order valence-electron chi connectivity index (χ3n) is 2.68. The third-order valence-corrected chi connectivity index (χ3v) is 4.72. The van der Waals surface area contributed by atoms with Crippen molar-refractivity contribution in [2.24, 2.45) is 0 Å². The minimum atomic E-state index is 1.31. The van der Waals surface area contributed by atoms with Crippen LogP contribution in [-0.2, 0) is 0 Å². The summed E-state index contributed by atoms with van der Waals surface area (Å²) in [5, 5.41) is 2.74. The van der Waals surface area contributed by atoms with Crippen LogP contribution < -0.4 is 8.92 Å². The molecule has 0 atom stereocenters. The van der Waals surface area contributed by atoms with Gasteiger partial charge in [-0.3, -0.25) is 0 Å². The van der Waals surface area contributed by atoms with Crippen LogP contribution in [0.2, 0.25) is 0 Å². The Labute approximate surface area is 101 Å². The quantitative estimate of drug-likeness (QED) is 0.622. The summed E-state index contributed by atoms with van der Waals surface area (Å²) in [6.45, 7) is 4.36. The second kappa shape index (κ2) is 3.71. The van der Waals surface area contributed by atoms with Gasteiger partial charge in [0, 0.05) is 0 Å². The molecule has 72 valence electrons. The van der Waals surface area contributed by atoms with Crippen LogP contribution in [0.5, 0.6) is 0 Å². The summed E-state index contributed by atoms with van der Waals surface area (Å²) in [6, 6.07) is 8.78. The molecule has 0 aliphatic carbocycles. The predicted molar refractivity (Wildman–Crippen MR) is 67.0 cm³/mol. The van der Waals surface area contributed by atoms with E-state index >= 15 is 0 Å². The Kier molecular flexibility index (Phi) is 2.72. The number of rotatable bonds is 0. The van der Waals surface area contributed by atoms with E-state index in [4.69, 9.17) is 0 Å². The topological polar surface area (TPSA) is 0 Å². The molecule has 0 bridgehead atoms. The molecule has 0 amide bonds. The first-order chi connectivity index (χ1) is 6.61. The van der Waals surface area contributed by atoms with Crippen LogP contribution in [0.4, 0.5) is 0 Å². The fourth-order valence-corrected chi connectivity index (χ4v) is 2.50. The molecule has 0 N–H and O–H groups in total. The summed E-state index contributed by atoms with van der Waals surface area (Å²) >= 11 is 5.26. The predicted octanol–water partition coefficient (Wildman–Crippen LogP) is 0.509. The summed E-state index contributed by atoms with van der Waals surface area (Å²) in [7, 11) is 0. The fraction of sp³-hybridized carbons (Fsp3) is 0.167. The van der Waals surface area contributed by atoms with Crippen LogP contribution in [0.3, 0.4) is 0 Å². The summed E-state index contributed by atoms with van der Waals surface area (Å²) in [5.74, 6) is 0. The Morgan fingerprint density at radius 1 is 0.714 bits per heavy atom. The second-order valence-corrected chi connectivity index (χ2v) is 5.54. The molecule has 0 aliphatic heterocycles. The molecule has 2 heteroatoms. The Bertz CT molecular complexity index is 454. The molecule has 0 nitrogen and oxygen atoms in total. The van der Waals surface area contributed by atoms with Crippen LogP contribution in [0.1, 0.15) is 11.1 Å². The minimum absolute atomic E-state index is 1.31. The van der Waals surface area contributed by atoms with E-state index in [1.165, 1.54) is 30.8 Å². The first-order valence-corrected chi connectivity index (χ1v) is 6.40. The molecular weight excluding hydrogens is 302 g/mol. The number of hydrogen-bond donors (Lipinski definition) is 0. The van der Waals surface area contributed by atoms with Gasteiger partial charge in [-0.05, 0) is 0 Å². The van der Waals surface area contributed by atoms with E-state index in [9.17, 15) is 0 Å². The van der Waals surface area contributed by atoms with Gasteiger partial charge < -0.3 is 0 Å². The molecule has 0 saturated carbocycles. The van der Waals surface area contributed by atoms with E-state index in [2.05, 4.69) is 70.1 Å². The van der Waals surface area contributed by atoms with Gasteiger partial charge in [0.1, 0.15) is 0 Å². The van der Waals surface area contributed by atoms with Crippen LogP contribution in [0.15, 0.2) is 24.3 Å². The molecule has 0 saturated heterocycles. The van der Waals surface area contributed by atoms with Crippen LogP contribution in [0.25, 0.3) is 10.8 Å². The summed E-state index contributed by atoms with van der Waals surface area (Å²) in [5.41, 5.74) is 2.75. The number of benzene rings is 2. The van der Waals surface area contributed by atoms with Gasteiger partial charge in [0.25, 0.3) is 0 Å². The van der Waals surface area contributed by atoms with Crippen LogP contribution in [0, 0.1) is 13.8 Å². The van der Waals surface area contributed by atoms with E-state index in [0.717, 1.165) is 0 Å². The van der Waals surface area contributed by atoms with E-state index in [0.29, 0.717) is 0 Å². The average molecular weight is 314 g/mol. The van der Waals surface area contributed by atoms with E-state index in [-0.39, 0.29) is 0 Å². The van der Waals surface area contributed by atoms with Crippen molar-refractivity contribution >= 4 is 51.7 Å². The van der Waals surface area contributed by atoms with Gasteiger partial charge in [-0.15, -0.1) is 0 Å². The molecule has 0 spiro atoms. The summed E-state index contributed by atoms with van der Waals surface area (Å²) in [4.78, 5) is 0. The van der Waals surface area contributed by atoms with Gasteiger partial charge >= 0.3 is 101 Å². The first kappa shape index (κ1) is 10.3. The maximum atomic E-state index is 2.63. The Morgan fingerprint density at radius 3 is 1.43 bits per heavy atom. The normalized spacial score (nSPS) is 10.9. The van der Waals surface area contributed by atoms with Crippen molar-refractivity contribution in [3.8, 4) is 0 Å². The zero-order valence-corrected chi connectivity index (χ0v) is 12.0. The van der Waals surface area contributed by atoms with E-state index in [1.54, 1.807) is 0 Å². The molecule has 0 aliphatic rings. The maximum absolute atomic E-state index is 2.63. The van der Waals surface area contributed by atoms with Crippen molar-refractivity contribution < 1.29 is 0 Å². The molecule has 0 radical (unpaired) electrons. The van der Waals surface area contributed by atoms with Crippen molar-refractivity contribution in [2.75, 3.05) is 0 Å². The second-order valence-electron chi connectivity index (χ2n) is 3.51. The van der Waals surface area contributed by atoms with E-state index in [1.807, 2.05) is 0 Å². The van der Waals surface area contributed by atoms with Crippen molar-refractivity contribution in [3.05, 3.63) is 35.4 Å². The zero-order chi connectivity index (χ0) is 10.3. The standard InChI is InChI=1S/C12H12Se2/c1-7-9-3-6-12(14)8(2)10(9)4-5-11(7)13/h3-6,13-14H,1-2H3. The molecule has 0 fully saturated rings. The number of aryl methyl sites for hydroxylation is 2. The number of hydrogen-bond acceptors (Lipinski definition) is 0. The monoisotopic (exact) mass is 316 g/mol. The molecule has 2 rings (SSSR count). The SMILES string of the molecule is Cc1c([SeH])ccc2c(C)c([SeH])ccc12. The fourth-order valence-electron chi connectivity index (χ4n) is 1.68. The van der Waals surface area contributed by atoms with Crippen LogP contribution >= 0.6 is 0 Å². The summed E-state index contributed by atoms with van der Waals surface area (Å²) < 4.78 is 2.62. The van der Waals surface area contributed by atoms with Crippen molar-refractivity contribution in [3.63, 3.8) is 0 Å². The summed E-state index contributed by atoms with van der Waals surface area (Å²) in [6.07, 6.45) is 0. The van der Waals surface area contributed by atoms with Gasteiger partial charge in [0.2, 0.25) is 0 Å². The molecule has 14 heavy (non-hydrogen) atoms. The average Bonchev–Trinajstić information content (AvgIpc) is 2.17. The van der Waals surface area contributed by atoms with Gasteiger partial charge in [-0.2, -0.15) is 0 Å². The molecular formula is C12H12Se2. The van der Waals surface area contributed by atoms with Crippen LogP contribution in [-0.4, -0.2) is 32.0 Å². The molecule has 2 aromatic carbocycles. The van der Waals surface area contributed by atoms with Gasteiger partial charge in [0.15, 0.2) is 0 Å².